The fourth-order valence-electron chi connectivity index (χ4n) is 2.53. The molecule has 1 fully saturated rings. The van der Waals surface area contributed by atoms with E-state index in [0.717, 1.165) is 16.7 Å². The van der Waals surface area contributed by atoms with Crippen molar-refractivity contribution >= 4 is 23.6 Å². The Morgan fingerprint density at radius 1 is 1.43 bits per heavy atom. The Balaban J connectivity index is 1.87. The van der Waals surface area contributed by atoms with Gasteiger partial charge in [0, 0.05) is 0 Å². The first-order valence-electron chi connectivity index (χ1n) is 6.77. The number of carboxylic acid groups (broad SMARTS) is 1. The van der Waals surface area contributed by atoms with Gasteiger partial charge in [-0.15, -0.1) is 0 Å². The van der Waals surface area contributed by atoms with Crippen molar-refractivity contribution in [3.63, 3.8) is 0 Å². The second-order valence-corrected chi connectivity index (χ2v) is 6.25. The van der Waals surface area contributed by atoms with E-state index >= 15 is 0 Å². The molecule has 1 saturated heterocycles. The lowest BCUT2D eigenvalue weighted by molar-refractivity contribution is -0.156. The molecule has 2 N–H and O–H groups in total. The highest BCUT2D eigenvalue weighted by Gasteiger charge is 2.58. The van der Waals surface area contributed by atoms with Crippen LogP contribution in [-0.2, 0) is 9.59 Å². The van der Waals surface area contributed by atoms with Gasteiger partial charge in [-0.25, -0.2) is 4.79 Å². The van der Waals surface area contributed by atoms with Crippen LogP contribution in [0.15, 0.2) is 35.1 Å². The van der Waals surface area contributed by atoms with Gasteiger partial charge in [-0.05, 0) is 31.2 Å². The minimum absolute atomic E-state index is 0.101. The van der Waals surface area contributed by atoms with Gasteiger partial charge in [0.2, 0.25) is 5.91 Å². The monoisotopic (exact) mass is 332 g/mol. The average molecular weight is 332 g/mol. The zero-order valence-electron chi connectivity index (χ0n) is 12.0. The number of amides is 1. The molecule has 2 heterocycles. The number of thioether (sulfide) groups is 1. The first-order chi connectivity index (χ1) is 10.9. The van der Waals surface area contributed by atoms with Crippen LogP contribution in [0.4, 0.5) is 0 Å². The maximum absolute atomic E-state index is 12.0. The second-order valence-electron chi connectivity index (χ2n) is 5.16. The molecule has 1 aromatic carbocycles. The van der Waals surface area contributed by atoms with E-state index in [1.54, 1.807) is 24.3 Å². The van der Waals surface area contributed by atoms with Gasteiger partial charge in [0.05, 0.1) is 23.7 Å². The topological polar surface area (TPSA) is 111 Å². The predicted molar refractivity (Wildman–Crippen MR) is 79.8 cm³/mol. The fraction of sp³-hybridized carbons (Fsp3) is 0.267. The number of carboxylic acids is 1. The molecule has 0 aromatic heterocycles. The Morgan fingerprint density at radius 2 is 2.09 bits per heavy atom. The number of rotatable bonds is 4. The summed E-state index contributed by atoms with van der Waals surface area (Å²) in [7, 11) is 0. The van der Waals surface area contributed by atoms with E-state index in [1.165, 1.54) is 6.92 Å². The van der Waals surface area contributed by atoms with Crippen LogP contribution in [0, 0.1) is 17.2 Å². The third-order valence-corrected chi connectivity index (χ3v) is 4.90. The van der Waals surface area contributed by atoms with Crippen molar-refractivity contribution in [1.29, 1.82) is 5.26 Å². The van der Waals surface area contributed by atoms with Crippen LogP contribution < -0.4 is 4.74 Å². The molecular formula is C15H12N2O5S. The number of ether oxygens (including phenoxy) is 1. The molecule has 0 saturated carbocycles. The SMILES string of the molecule is C[C@@H](O)[C@H]1C(=O)N2C(C(=O)O)=C(Oc3ccc(C#N)cc3)SC12. The van der Waals surface area contributed by atoms with Crippen molar-refractivity contribution in [3.05, 3.63) is 40.6 Å². The van der Waals surface area contributed by atoms with Gasteiger partial charge < -0.3 is 14.9 Å². The van der Waals surface area contributed by atoms with Crippen LogP contribution in [-0.4, -0.2) is 38.5 Å². The molecule has 0 spiro atoms. The number of aliphatic hydroxyl groups is 1. The summed E-state index contributed by atoms with van der Waals surface area (Å²) >= 11 is 1.10. The van der Waals surface area contributed by atoms with Gasteiger partial charge in [0.1, 0.15) is 11.1 Å². The summed E-state index contributed by atoms with van der Waals surface area (Å²) in [5.74, 6) is -1.96. The van der Waals surface area contributed by atoms with E-state index in [4.69, 9.17) is 10.00 Å². The molecule has 0 bridgehead atoms. The molecule has 2 aliphatic rings. The first kappa shape index (κ1) is 15.4. The normalized spacial score (nSPS) is 23.9. The Kier molecular flexibility index (Phi) is 3.75. The number of nitrogens with zero attached hydrogens (tertiary/aromatic N) is 2. The number of benzene rings is 1. The average Bonchev–Trinajstić information content (AvgIpc) is 2.82. The molecule has 1 amide bonds. The van der Waals surface area contributed by atoms with Crippen LogP contribution in [0.3, 0.4) is 0 Å². The number of nitriles is 1. The summed E-state index contributed by atoms with van der Waals surface area (Å²) in [6.07, 6.45) is -0.861. The maximum atomic E-state index is 12.0. The van der Waals surface area contributed by atoms with Gasteiger partial charge in [-0.1, -0.05) is 11.8 Å². The van der Waals surface area contributed by atoms with E-state index in [1.807, 2.05) is 6.07 Å². The summed E-state index contributed by atoms with van der Waals surface area (Å²) in [6.45, 7) is 1.50. The number of fused-ring (bicyclic) bond motifs is 1. The maximum Gasteiger partial charge on any atom is 0.357 e. The molecule has 23 heavy (non-hydrogen) atoms. The summed E-state index contributed by atoms with van der Waals surface area (Å²) < 4.78 is 5.58. The molecule has 2 aliphatic heterocycles. The Morgan fingerprint density at radius 3 is 2.61 bits per heavy atom. The van der Waals surface area contributed by atoms with Crippen LogP contribution >= 0.6 is 11.8 Å². The van der Waals surface area contributed by atoms with E-state index in [-0.39, 0.29) is 10.8 Å². The summed E-state index contributed by atoms with van der Waals surface area (Å²) in [4.78, 5) is 24.7. The van der Waals surface area contributed by atoms with Crippen LogP contribution in [0.1, 0.15) is 12.5 Å². The third kappa shape index (κ3) is 2.44. The number of hydrogen-bond acceptors (Lipinski definition) is 6. The standard InChI is InChI=1S/C15H12N2O5S/c1-7(18)10-12(19)17-11(14(20)21)15(23-13(10)17)22-9-4-2-8(6-16)3-5-9/h2-5,7,10,13,18H,1H3,(H,20,21)/t7-,10+,13?/m1/s1. The molecule has 3 rings (SSSR count). The lowest BCUT2D eigenvalue weighted by atomic mass is 9.92. The largest absolute Gasteiger partial charge is 0.476 e. The van der Waals surface area contributed by atoms with Crippen LogP contribution in [0.2, 0.25) is 0 Å². The zero-order valence-corrected chi connectivity index (χ0v) is 12.8. The van der Waals surface area contributed by atoms with Gasteiger partial charge >= 0.3 is 5.97 Å². The minimum atomic E-state index is -1.26. The van der Waals surface area contributed by atoms with Gasteiger partial charge in [0.25, 0.3) is 0 Å². The third-order valence-electron chi connectivity index (χ3n) is 3.66. The number of β-lactam (4-membered cyclic amide) rings is 1. The summed E-state index contributed by atoms with van der Waals surface area (Å²) in [5, 5.41) is 27.4. The molecule has 1 unspecified atom stereocenters. The van der Waals surface area contributed by atoms with E-state index in [0.29, 0.717) is 11.3 Å². The van der Waals surface area contributed by atoms with Crippen molar-refractivity contribution in [2.45, 2.75) is 18.4 Å². The molecule has 0 aliphatic carbocycles. The predicted octanol–water partition coefficient (Wildman–Crippen LogP) is 1.10. The van der Waals surface area contributed by atoms with Crippen LogP contribution in [0.5, 0.6) is 5.75 Å². The smallest absolute Gasteiger partial charge is 0.357 e. The van der Waals surface area contributed by atoms with Gasteiger partial charge in [-0.3, -0.25) is 9.69 Å². The second kappa shape index (κ2) is 5.61. The highest BCUT2D eigenvalue weighted by Crippen LogP contribution is 2.50. The van der Waals surface area contributed by atoms with E-state index in [9.17, 15) is 19.8 Å². The lowest BCUT2D eigenvalue weighted by Gasteiger charge is -2.43. The summed E-state index contributed by atoms with van der Waals surface area (Å²) in [6, 6.07) is 8.18. The highest BCUT2D eigenvalue weighted by atomic mass is 32.2. The Bertz CT molecular complexity index is 750. The quantitative estimate of drug-likeness (QED) is 0.794. The number of aliphatic hydroxyl groups excluding tert-OH is 1. The highest BCUT2D eigenvalue weighted by molar-refractivity contribution is 8.03. The van der Waals surface area contributed by atoms with Crippen molar-refractivity contribution in [1.82, 2.24) is 4.90 Å². The molecule has 3 atom stereocenters. The van der Waals surface area contributed by atoms with Crippen molar-refractivity contribution in [2.75, 3.05) is 0 Å². The fourth-order valence-corrected chi connectivity index (χ4v) is 3.99. The Labute approximate surface area is 135 Å². The van der Waals surface area contributed by atoms with E-state index < -0.39 is 29.3 Å². The number of hydrogen-bond donors (Lipinski definition) is 2. The number of carbonyl (C=O) groups excluding carboxylic acids is 1. The Hall–Kier alpha value is -2.50. The van der Waals surface area contributed by atoms with Gasteiger partial charge in [-0.2, -0.15) is 5.26 Å². The lowest BCUT2D eigenvalue weighted by Crippen LogP contribution is -2.60. The molecule has 1 aromatic rings. The molecule has 8 heteroatoms. The van der Waals surface area contributed by atoms with E-state index in [2.05, 4.69) is 0 Å². The van der Waals surface area contributed by atoms with Gasteiger partial charge in [0.15, 0.2) is 10.8 Å². The zero-order chi connectivity index (χ0) is 16.7. The minimum Gasteiger partial charge on any atom is -0.476 e. The molecule has 0 radical (unpaired) electrons. The van der Waals surface area contributed by atoms with Crippen molar-refractivity contribution in [2.24, 2.45) is 5.92 Å². The van der Waals surface area contributed by atoms with Crippen LogP contribution in [0.25, 0.3) is 0 Å². The molecule has 7 nitrogen and oxygen atoms in total. The molecule has 118 valence electrons. The summed E-state index contributed by atoms with van der Waals surface area (Å²) in [5.41, 5.74) is 0.239. The molecular weight excluding hydrogens is 320 g/mol. The first-order valence-corrected chi connectivity index (χ1v) is 7.65. The van der Waals surface area contributed by atoms with Crippen molar-refractivity contribution in [3.8, 4) is 11.8 Å². The number of carbonyl (C=O) groups is 2. The van der Waals surface area contributed by atoms with Crippen molar-refractivity contribution < 1.29 is 24.5 Å². The number of aliphatic carboxylic acids is 1.